The van der Waals surface area contributed by atoms with E-state index < -0.39 is 23.7 Å². The smallest absolute Gasteiger partial charge is 0.317 e. The van der Waals surface area contributed by atoms with Crippen LogP contribution in [0.4, 0.5) is 0 Å². The van der Waals surface area contributed by atoms with Crippen molar-refractivity contribution in [2.24, 2.45) is 10.9 Å². The van der Waals surface area contributed by atoms with Crippen LogP contribution in [0.25, 0.3) is 6.08 Å². The normalized spacial score (nSPS) is 23.8. The summed E-state index contributed by atoms with van der Waals surface area (Å²) in [6.45, 7) is 1.76. The van der Waals surface area contributed by atoms with Crippen LogP contribution in [0.1, 0.15) is 24.1 Å². The maximum atomic E-state index is 13.5. The van der Waals surface area contributed by atoms with Gasteiger partial charge in [0.1, 0.15) is 17.4 Å². The van der Waals surface area contributed by atoms with Crippen molar-refractivity contribution in [2.45, 2.75) is 18.7 Å². The second kappa shape index (κ2) is 7.09. The third kappa shape index (κ3) is 2.90. The van der Waals surface area contributed by atoms with Crippen molar-refractivity contribution < 1.29 is 19.0 Å². The molecule has 31 heavy (non-hydrogen) atoms. The molecule has 3 atom stereocenters. The minimum absolute atomic E-state index is 0.215. The number of carbonyl (C=O) groups is 1. The van der Waals surface area contributed by atoms with Gasteiger partial charge in [-0.2, -0.15) is 0 Å². The first-order valence-electron chi connectivity index (χ1n) is 9.78. The summed E-state index contributed by atoms with van der Waals surface area (Å²) < 4.78 is 18.8. The first kappa shape index (κ1) is 19.6. The molecule has 7 nitrogen and oxygen atoms in total. The van der Waals surface area contributed by atoms with E-state index in [1.54, 1.807) is 24.7 Å². The minimum atomic E-state index is -1.18. The van der Waals surface area contributed by atoms with Crippen LogP contribution in [0.3, 0.4) is 0 Å². The molecule has 0 spiro atoms. The fraction of sp³-hybridized carbons (Fsp3) is 0.261. The van der Waals surface area contributed by atoms with E-state index in [1.165, 1.54) is 18.4 Å². The Labute approximate surface area is 181 Å². The van der Waals surface area contributed by atoms with E-state index in [1.807, 2.05) is 48.5 Å². The summed E-state index contributed by atoms with van der Waals surface area (Å²) in [6.07, 6.45) is 1.79. The molecule has 2 bridgehead atoms. The SMILES string of the molecule is COC(=O)C1C2c3ccccc3OC1(C)N=c1sc(=Cc3ccccc3OC)c(=O)n12. The van der Waals surface area contributed by atoms with Crippen molar-refractivity contribution in [3.63, 3.8) is 0 Å². The summed E-state index contributed by atoms with van der Waals surface area (Å²) in [7, 11) is 2.92. The van der Waals surface area contributed by atoms with Crippen molar-refractivity contribution in [1.29, 1.82) is 0 Å². The van der Waals surface area contributed by atoms with Gasteiger partial charge in [0.05, 0.1) is 24.8 Å². The lowest BCUT2D eigenvalue weighted by molar-refractivity contribution is -0.158. The lowest BCUT2D eigenvalue weighted by Crippen LogP contribution is -2.58. The molecule has 0 amide bonds. The van der Waals surface area contributed by atoms with Gasteiger partial charge in [-0.1, -0.05) is 47.7 Å². The molecule has 2 aliphatic heterocycles. The van der Waals surface area contributed by atoms with Crippen molar-refractivity contribution in [3.05, 3.63) is 79.3 Å². The molecule has 2 aliphatic rings. The number of carbonyl (C=O) groups excluding carboxylic acids is 1. The fourth-order valence-electron chi connectivity index (χ4n) is 4.36. The van der Waals surface area contributed by atoms with E-state index in [0.717, 1.165) is 11.1 Å². The van der Waals surface area contributed by atoms with Crippen LogP contribution in [0.2, 0.25) is 0 Å². The lowest BCUT2D eigenvalue weighted by atomic mass is 9.81. The van der Waals surface area contributed by atoms with Gasteiger partial charge in [-0.25, -0.2) is 4.99 Å². The van der Waals surface area contributed by atoms with Gasteiger partial charge in [0.15, 0.2) is 4.80 Å². The lowest BCUT2D eigenvalue weighted by Gasteiger charge is -2.44. The summed E-state index contributed by atoms with van der Waals surface area (Å²) in [5.74, 6) is 0.0241. The molecule has 5 rings (SSSR count). The standard InChI is InChI=1S/C23H20N2O5S/c1-23-18(21(27)29-3)19(14-9-5-7-11-16(14)30-23)25-20(26)17(31-22(25)24-23)12-13-8-4-6-10-15(13)28-2/h4-12,18-19H,1-3H3. The number of methoxy groups -OCH3 is 2. The molecule has 2 aromatic carbocycles. The summed E-state index contributed by atoms with van der Waals surface area (Å²) in [5, 5.41) is 0. The molecule has 158 valence electrons. The van der Waals surface area contributed by atoms with Crippen LogP contribution >= 0.6 is 11.3 Å². The van der Waals surface area contributed by atoms with Gasteiger partial charge in [-0.3, -0.25) is 14.2 Å². The number of hydrogen-bond acceptors (Lipinski definition) is 7. The number of fused-ring (bicyclic) bond motifs is 6. The second-order valence-electron chi connectivity index (χ2n) is 7.56. The Morgan fingerprint density at radius 1 is 1.19 bits per heavy atom. The highest BCUT2D eigenvalue weighted by molar-refractivity contribution is 7.07. The zero-order chi connectivity index (χ0) is 21.8. The molecule has 1 aromatic heterocycles. The number of aromatic nitrogens is 1. The molecule has 3 aromatic rings. The van der Waals surface area contributed by atoms with Crippen molar-refractivity contribution in [3.8, 4) is 11.5 Å². The number of rotatable bonds is 3. The number of nitrogens with zero attached hydrogens (tertiary/aromatic N) is 2. The first-order valence-corrected chi connectivity index (χ1v) is 10.6. The predicted octanol–water partition coefficient (Wildman–Crippen LogP) is 1.87. The molecule has 3 heterocycles. The van der Waals surface area contributed by atoms with Crippen molar-refractivity contribution in [2.75, 3.05) is 14.2 Å². The number of esters is 1. The average Bonchev–Trinajstić information content (AvgIpc) is 3.06. The summed E-state index contributed by atoms with van der Waals surface area (Å²) in [5.41, 5.74) is 0.157. The molecule has 0 saturated carbocycles. The maximum Gasteiger partial charge on any atom is 0.317 e. The van der Waals surface area contributed by atoms with E-state index in [-0.39, 0.29) is 5.56 Å². The summed E-state index contributed by atoms with van der Waals surface area (Å²) in [4.78, 5) is 31.6. The monoisotopic (exact) mass is 436 g/mol. The summed E-state index contributed by atoms with van der Waals surface area (Å²) >= 11 is 1.27. The fourth-order valence-corrected chi connectivity index (χ4v) is 5.45. The molecule has 8 heteroatoms. The van der Waals surface area contributed by atoms with E-state index in [9.17, 15) is 9.59 Å². The number of ether oxygens (including phenoxy) is 3. The Morgan fingerprint density at radius 3 is 2.71 bits per heavy atom. The maximum absolute atomic E-state index is 13.5. The van der Waals surface area contributed by atoms with Crippen molar-refractivity contribution >= 4 is 23.4 Å². The second-order valence-corrected chi connectivity index (χ2v) is 8.57. The van der Waals surface area contributed by atoms with E-state index >= 15 is 0 Å². The third-order valence-electron chi connectivity index (χ3n) is 5.76. The highest BCUT2D eigenvalue weighted by Crippen LogP contribution is 2.47. The number of hydrogen-bond donors (Lipinski definition) is 0. The minimum Gasteiger partial charge on any atom is -0.496 e. The van der Waals surface area contributed by atoms with Crippen LogP contribution < -0.4 is 24.4 Å². The molecule has 3 unspecified atom stereocenters. The molecule has 0 fully saturated rings. The Balaban J connectivity index is 1.80. The average molecular weight is 436 g/mol. The van der Waals surface area contributed by atoms with Gasteiger partial charge in [0.25, 0.3) is 5.56 Å². The van der Waals surface area contributed by atoms with Crippen LogP contribution in [0, 0.1) is 5.92 Å². The topological polar surface area (TPSA) is 79.1 Å². The van der Waals surface area contributed by atoms with Gasteiger partial charge in [0.2, 0.25) is 5.72 Å². The van der Waals surface area contributed by atoms with Crippen LogP contribution in [0.5, 0.6) is 11.5 Å². The number of thiazole rings is 1. The van der Waals surface area contributed by atoms with E-state index in [4.69, 9.17) is 19.2 Å². The Morgan fingerprint density at radius 2 is 1.94 bits per heavy atom. The first-order chi connectivity index (χ1) is 15.0. The number of para-hydroxylation sites is 2. The van der Waals surface area contributed by atoms with Crippen LogP contribution in [-0.2, 0) is 9.53 Å². The molecule has 0 radical (unpaired) electrons. The van der Waals surface area contributed by atoms with E-state index in [2.05, 4.69) is 0 Å². The van der Waals surface area contributed by atoms with Gasteiger partial charge in [-0.15, -0.1) is 0 Å². The van der Waals surface area contributed by atoms with E-state index in [0.29, 0.717) is 20.8 Å². The van der Waals surface area contributed by atoms with Crippen molar-refractivity contribution in [1.82, 2.24) is 4.57 Å². The third-order valence-corrected chi connectivity index (χ3v) is 6.74. The zero-order valence-corrected chi connectivity index (χ0v) is 18.0. The zero-order valence-electron chi connectivity index (χ0n) is 17.2. The Hall–Kier alpha value is -3.39. The van der Waals surface area contributed by atoms with Gasteiger partial charge in [0, 0.05) is 11.1 Å². The van der Waals surface area contributed by atoms with Crippen LogP contribution in [-0.4, -0.2) is 30.5 Å². The van der Waals surface area contributed by atoms with Gasteiger partial charge in [-0.05, 0) is 25.1 Å². The molecule has 0 saturated heterocycles. The highest BCUT2D eigenvalue weighted by Gasteiger charge is 2.55. The molecule has 0 aliphatic carbocycles. The summed E-state index contributed by atoms with van der Waals surface area (Å²) in [6, 6.07) is 14.3. The largest absolute Gasteiger partial charge is 0.496 e. The van der Waals surface area contributed by atoms with Gasteiger partial charge < -0.3 is 14.2 Å². The quantitative estimate of drug-likeness (QED) is 0.586. The number of benzene rings is 2. The molecular formula is C23H20N2O5S. The highest BCUT2D eigenvalue weighted by atomic mass is 32.1. The van der Waals surface area contributed by atoms with Gasteiger partial charge >= 0.3 is 5.97 Å². The molecule has 0 N–H and O–H groups in total. The van der Waals surface area contributed by atoms with Crippen LogP contribution in [0.15, 0.2) is 58.3 Å². The Bertz CT molecular complexity index is 1380. The molecular weight excluding hydrogens is 416 g/mol. The predicted molar refractivity (Wildman–Crippen MR) is 115 cm³/mol. The Kier molecular flexibility index (Phi) is 4.48.